The SMILES string of the molecule is CCCc1nc2ccc(N3CCCCC3=O)cc2n1Cc1ccc(-c2ccccc2-c2nn[nH]n2)cc1. The topological polar surface area (TPSA) is 92.6 Å². The Kier molecular flexibility index (Phi) is 6.22. The van der Waals surface area contributed by atoms with Gasteiger partial charge in [0.25, 0.3) is 0 Å². The molecule has 8 heteroatoms. The van der Waals surface area contributed by atoms with Crippen molar-refractivity contribution >= 4 is 22.6 Å². The van der Waals surface area contributed by atoms with Crippen LogP contribution in [0.15, 0.2) is 66.7 Å². The highest BCUT2D eigenvalue weighted by Crippen LogP contribution is 2.31. The van der Waals surface area contributed by atoms with Crippen LogP contribution in [0.1, 0.15) is 44.0 Å². The Labute approximate surface area is 215 Å². The summed E-state index contributed by atoms with van der Waals surface area (Å²) in [6.07, 6.45) is 4.58. The first kappa shape index (κ1) is 23.1. The van der Waals surface area contributed by atoms with Gasteiger partial charge in [-0.25, -0.2) is 4.98 Å². The van der Waals surface area contributed by atoms with Gasteiger partial charge < -0.3 is 9.47 Å². The van der Waals surface area contributed by atoms with E-state index in [1.165, 1.54) is 5.56 Å². The predicted octanol–water partition coefficient (Wildman–Crippen LogP) is 5.40. The van der Waals surface area contributed by atoms with E-state index in [1.54, 1.807) is 0 Å². The average molecular weight is 492 g/mol. The lowest BCUT2D eigenvalue weighted by molar-refractivity contribution is -0.119. The van der Waals surface area contributed by atoms with E-state index < -0.39 is 0 Å². The van der Waals surface area contributed by atoms with Gasteiger partial charge in [-0.2, -0.15) is 5.21 Å². The number of carbonyl (C=O) groups is 1. The summed E-state index contributed by atoms with van der Waals surface area (Å²) in [5.41, 5.74) is 7.31. The maximum atomic E-state index is 12.6. The van der Waals surface area contributed by atoms with Crippen LogP contribution in [0, 0.1) is 0 Å². The summed E-state index contributed by atoms with van der Waals surface area (Å²) in [4.78, 5) is 19.4. The molecule has 0 spiro atoms. The maximum Gasteiger partial charge on any atom is 0.226 e. The first-order valence-corrected chi connectivity index (χ1v) is 12.9. The Bertz CT molecular complexity index is 1540. The summed E-state index contributed by atoms with van der Waals surface area (Å²) in [7, 11) is 0. The van der Waals surface area contributed by atoms with Crippen molar-refractivity contribution in [3.8, 4) is 22.5 Å². The fraction of sp³-hybridized carbons (Fsp3) is 0.276. The predicted molar refractivity (Wildman–Crippen MR) is 144 cm³/mol. The Morgan fingerprint density at radius 3 is 2.57 bits per heavy atom. The molecule has 0 aliphatic carbocycles. The summed E-state index contributed by atoms with van der Waals surface area (Å²) < 4.78 is 2.30. The van der Waals surface area contributed by atoms with Gasteiger partial charge in [0.2, 0.25) is 11.7 Å². The first-order valence-electron chi connectivity index (χ1n) is 12.9. The second-order valence-corrected chi connectivity index (χ2v) is 9.52. The van der Waals surface area contributed by atoms with Crippen LogP contribution in [0.5, 0.6) is 0 Å². The zero-order valence-electron chi connectivity index (χ0n) is 20.9. The van der Waals surface area contributed by atoms with Gasteiger partial charge in [-0.1, -0.05) is 55.5 Å². The second-order valence-electron chi connectivity index (χ2n) is 9.52. The monoisotopic (exact) mass is 491 g/mol. The van der Waals surface area contributed by atoms with E-state index in [-0.39, 0.29) is 5.91 Å². The number of anilines is 1. The van der Waals surface area contributed by atoms with Crippen molar-refractivity contribution in [2.24, 2.45) is 0 Å². The molecule has 3 aromatic carbocycles. The highest BCUT2D eigenvalue weighted by Gasteiger charge is 2.21. The third-order valence-corrected chi connectivity index (χ3v) is 7.04. The molecule has 0 unspecified atom stereocenters. The summed E-state index contributed by atoms with van der Waals surface area (Å²) in [5.74, 6) is 1.87. The number of tetrazole rings is 1. The summed E-state index contributed by atoms with van der Waals surface area (Å²) in [5, 5.41) is 14.6. The molecule has 0 saturated carbocycles. The minimum atomic E-state index is 0.210. The molecule has 37 heavy (non-hydrogen) atoms. The number of hydrogen-bond acceptors (Lipinski definition) is 5. The number of amides is 1. The van der Waals surface area contributed by atoms with Crippen molar-refractivity contribution in [2.75, 3.05) is 11.4 Å². The maximum absolute atomic E-state index is 12.6. The molecule has 1 aliphatic rings. The third-order valence-electron chi connectivity index (χ3n) is 7.04. The molecule has 1 fully saturated rings. The van der Waals surface area contributed by atoms with Crippen molar-refractivity contribution < 1.29 is 4.79 Å². The Hall–Kier alpha value is -4.33. The lowest BCUT2D eigenvalue weighted by Gasteiger charge is -2.26. The lowest BCUT2D eigenvalue weighted by Crippen LogP contribution is -2.35. The van der Waals surface area contributed by atoms with E-state index in [2.05, 4.69) is 74.6 Å². The van der Waals surface area contributed by atoms with Gasteiger partial charge in [-0.05, 0) is 59.4 Å². The smallest absolute Gasteiger partial charge is 0.226 e. The number of fused-ring (bicyclic) bond motifs is 1. The number of piperidine rings is 1. The van der Waals surface area contributed by atoms with Gasteiger partial charge >= 0.3 is 0 Å². The number of aryl methyl sites for hydroxylation is 1. The Balaban J connectivity index is 1.33. The van der Waals surface area contributed by atoms with Crippen LogP contribution in [-0.4, -0.2) is 42.6 Å². The molecule has 0 radical (unpaired) electrons. The van der Waals surface area contributed by atoms with Gasteiger partial charge in [0, 0.05) is 37.2 Å². The molecule has 1 aliphatic heterocycles. The van der Waals surface area contributed by atoms with E-state index in [1.807, 2.05) is 29.2 Å². The number of benzene rings is 3. The molecule has 1 amide bonds. The molecule has 1 saturated heterocycles. The number of H-pyrrole nitrogens is 1. The molecule has 1 N–H and O–H groups in total. The number of carbonyl (C=O) groups excluding carboxylic acids is 1. The van der Waals surface area contributed by atoms with E-state index in [9.17, 15) is 4.79 Å². The molecule has 0 atom stereocenters. The Morgan fingerprint density at radius 1 is 0.973 bits per heavy atom. The number of hydrogen-bond donors (Lipinski definition) is 1. The van der Waals surface area contributed by atoms with Gasteiger partial charge in [0.1, 0.15) is 5.82 Å². The van der Waals surface area contributed by atoms with Crippen molar-refractivity contribution in [3.63, 3.8) is 0 Å². The van der Waals surface area contributed by atoms with Gasteiger partial charge in [-0.3, -0.25) is 4.79 Å². The summed E-state index contributed by atoms with van der Waals surface area (Å²) in [6, 6.07) is 22.9. The van der Waals surface area contributed by atoms with Crippen LogP contribution in [0.2, 0.25) is 0 Å². The highest BCUT2D eigenvalue weighted by molar-refractivity contribution is 5.96. The van der Waals surface area contributed by atoms with Crippen LogP contribution in [0.3, 0.4) is 0 Å². The molecule has 8 nitrogen and oxygen atoms in total. The minimum Gasteiger partial charge on any atom is -0.323 e. The van der Waals surface area contributed by atoms with Gasteiger partial charge in [-0.15, -0.1) is 10.2 Å². The first-order chi connectivity index (χ1) is 18.2. The number of aromatic nitrogens is 6. The number of rotatable bonds is 7. The largest absolute Gasteiger partial charge is 0.323 e. The summed E-state index contributed by atoms with van der Waals surface area (Å²) >= 11 is 0. The van der Waals surface area contributed by atoms with Crippen molar-refractivity contribution in [3.05, 3.63) is 78.1 Å². The van der Waals surface area contributed by atoms with E-state index in [0.29, 0.717) is 12.2 Å². The number of nitrogens with zero attached hydrogens (tertiary/aromatic N) is 6. The van der Waals surface area contributed by atoms with Crippen molar-refractivity contribution in [1.29, 1.82) is 0 Å². The van der Waals surface area contributed by atoms with Crippen LogP contribution in [0.25, 0.3) is 33.5 Å². The summed E-state index contributed by atoms with van der Waals surface area (Å²) in [6.45, 7) is 3.68. The molecule has 186 valence electrons. The zero-order chi connectivity index (χ0) is 25.2. The fourth-order valence-corrected chi connectivity index (χ4v) is 5.18. The number of imidazole rings is 1. The number of aromatic amines is 1. The van der Waals surface area contributed by atoms with E-state index in [4.69, 9.17) is 4.98 Å². The molecule has 3 heterocycles. The molecular weight excluding hydrogens is 462 g/mol. The second kappa shape index (κ2) is 9.97. The van der Waals surface area contributed by atoms with E-state index >= 15 is 0 Å². The average Bonchev–Trinajstić information content (AvgIpc) is 3.58. The highest BCUT2D eigenvalue weighted by atomic mass is 16.2. The normalized spacial score (nSPS) is 14.0. The fourth-order valence-electron chi connectivity index (χ4n) is 5.18. The van der Waals surface area contributed by atoms with Crippen LogP contribution < -0.4 is 4.90 Å². The van der Waals surface area contributed by atoms with Gasteiger partial charge in [0.15, 0.2) is 0 Å². The quantitative estimate of drug-likeness (QED) is 0.329. The van der Waals surface area contributed by atoms with Crippen LogP contribution in [0.4, 0.5) is 5.69 Å². The zero-order valence-corrected chi connectivity index (χ0v) is 20.9. The van der Waals surface area contributed by atoms with Gasteiger partial charge in [0.05, 0.1) is 11.0 Å². The third kappa shape index (κ3) is 4.50. The van der Waals surface area contributed by atoms with E-state index in [0.717, 1.165) is 78.0 Å². The molecule has 2 aromatic heterocycles. The van der Waals surface area contributed by atoms with Crippen molar-refractivity contribution in [2.45, 2.75) is 45.6 Å². The lowest BCUT2D eigenvalue weighted by atomic mass is 9.98. The standard InChI is InChI=1S/C29H29N7O/c1-2-7-27-30-25-16-15-22(35-17-6-5-10-28(35)37)18-26(25)36(27)19-20-11-13-21(14-12-20)23-8-3-4-9-24(23)29-31-33-34-32-29/h3-4,8-9,11-16,18H,2,5-7,10,17,19H2,1H3,(H,31,32,33,34). The molecular formula is C29H29N7O. The van der Waals surface area contributed by atoms with Crippen LogP contribution in [-0.2, 0) is 17.8 Å². The minimum absolute atomic E-state index is 0.210. The Morgan fingerprint density at radius 2 is 1.81 bits per heavy atom. The molecule has 0 bridgehead atoms. The van der Waals surface area contributed by atoms with Crippen molar-refractivity contribution in [1.82, 2.24) is 30.2 Å². The number of nitrogens with one attached hydrogen (secondary N) is 1. The van der Waals surface area contributed by atoms with Crippen LogP contribution >= 0.6 is 0 Å². The molecule has 6 rings (SSSR count). The molecule has 5 aromatic rings.